The van der Waals surface area contributed by atoms with E-state index >= 15 is 0 Å². The van der Waals surface area contributed by atoms with E-state index in [0.717, 1.165) is 15.5 Å². The van der Waals surface area contributed by atoms with Gasteiger partial charge in [-0.25, -0.2) is 0 Å². The zero-order chi connectivity index (χ0) is 11.4. The molecule has 0 atom stereocenters. The second kappa shape index (κ2) is 4.90. The third-order valence-electron chi connectivity index (χ3n) is 2.03. The topological polar surface area (TPSA) is 42.4 Å². The van der Waals surface area contributed by atoms with Crippen molar-refractivity contribution in [1.29, 1.82) is 0 Å². The van der Waals surface area contributed by atoms with E-state index in [1.54, 1.807) is 43.4 Å². The highest BCUT2D eigenvalue weighted by atomic mass is 32.2. The van der Waals surface area contributed by atoms with E-state index in [1.807, 2.05) is 18.2 Å². The van der Waals surface area contributed by atoms with E-state index < -0.39 is 0 Å². The Balaban J connectivity index is 2.23. The summed E-state index contributed by atoms with van der Waals surface area (Å²) in [5, 5.41) is 9.18. The van der Waals surface area contributed by atoms with Crippen molar-refractivity contribution in [2.24, 2.45) is 0 Å². The SMILES string of the molecule is COc1cnccc1Sc1ccc(O)cc1. The van der Waals surface area contributed by atoms with Gasteiger partial charge in [0.15, 0.2) is 5.75 Å². The quantitative estimate of drug-likeness (QED) is 0.885. The fraction of sp³-hybridized carbons (Fsp3) is 0.0833. The molecule has 1 aromatic heterocycles. The van der Waals surface area contributed by atoms with Crippen LogP contribution in [-0.4, -0.2) is 17.2 Å². The van der Waals surface area contributed by atoms with Crippen molar-refractivity contribution >= 4 is 11.8 Å². The maximum Gasteiger partial charge on any atom is 0.151 e. The fourth-order valence-corrected chi connectivity index (χ4v) is 2.14. The smallest absolute Gasteiger partial charge is 0.151 e. The summed E-state index contributed by atoms with van der Waals surface area (Å²) < 4.78 is 5.21. The molecule has 0 amide bonds. The summed E-state index contributed by atoms with van der Waals surface area (Å²) in [6.07, 6.45) is 3.41. The molecule has 0 saturated carbocycles. The van der Waals surface area contributed by atoms with Gasteiger partial charge >= 0.3 is 0 Å². The van der Waals surface area contributed by atoms with Crippen LogP contribution in [0.4, 0.5) is 0 Å². The second-order valence-electron chi connectivity index (χ2n) is 3.12. The van der Waals surface area contributed by atoms with Crippen molar-refractivity contribution in [1.82, 2.24) is 4.98 Å². The molecule has 0 aliphatic rings. The molecule has 0 aliphatic heterocycles. The zero-order valence-corrected chi connectivity index (χ0v) is 9.57. The van der Waals surface area contributed by atoms with Gasteiger partial charge in [0.2, 0.25) is 0 Å². The van der Waals surface area contributed by atoms with E-state index in [1.165, 1.54) is 0 Å². The van der Waals surface area contributed by atoms with Crippen molar-refractivity contribution < 1.29 is 9.84 Å². The molecule has 82 valence electrons. The number of ether oxygens (including phenoxy) is 1. The average molecular weight is 233 g/mol. The third kappa shape index (κ3) is 2.46. The number of aromatic nitrogens is 1. The van der Waals surface area contributed by atoms with Crippen LogP contribution in [0.25, 0.3) is 0 Å². The molecule has 0 saturated heterocycles. The molecule has 0 aliphatic carbocycles. The number of aromatic hydroxyl groups is 1. The summed E-state index contributed by atoms with van der Waals surface area (Å²) in [6, 6.07) is 8.95. The van der Waals surface area contributed by atoms with E-state index in [0.29, 0.717) is 0 Å². The van der Waals surface area contributed by atoms with Crippen LogP contribution in [0.15, 0.2) is 52.5 Å². The Morgan fingerprint density at radius 2 is 1.94 bits per heavy atom. The molecular weight excluding hydrogens is 222 g/mol. The Hall–Kier alpha value is -1.68. The van der Waals surface area contributed by atoms with Crippen molar-refractivity contribution in [2.75, 3.05) is 7.11 Å². The van der Waals surface area contributed by atoms with Gasteiger partial charge in [0.05, 0.1) is 18.2 Å². The Labute approximate surface area is 98.1 Å². The largest absolute Gasteiger partial charge is 0.508 e. The van der Waals surface area contributed by atoms with Crippen LogP contribution in [0.5, 0.6) is 11.5 Å². The standard InChI is InChI=1S/C12H11NO2S/c1-15-11-8-13-7-6-12(11)16-10-4-2-9(14)3-5-10/h2-8,14H,1H3. The highest BCUT2D eigenvalue weighted by Crippen LogP contribution is 2.34. The molecule has 2 aromatic rings. The van der Waals surface area contributed by atoms with Gasteiger partial charge in [-0.05, 0) is 30.3 Å². The molecule has 0 unspecified atom stereocenters. The van der Waals surface area contributed by atoms with Crippen LogP contribution >= 0.6 is 11.8 Å². The minimum absolute atomic E-state index is 0.269. The number of methoxy groups -OCH3 is 1. The summed E-state index contributed by atoms with van der Waals surface area (Å²) in [5.74, 6) is 1.02. The van der Waals surface area contributed by atoms with Gasteiger partial charge in [-0.3, -0.25) is 4.98 Å². The molecule has 1 N–H and O–H groups in total. The lowest BCUT2D eigenvalue weighted by atomic mass is 10.3. The van der Waals surface area contributed by atoms with Gasteiger partial charge in [0.25, 0.3) is 0 Å². The van der Waals surface area contributed by atoms with Gasteiger partial charge in [-0.15, -0.1) is 0 Å². The lowest BCUT2D eigenvalue weighted by Gasteiger charge is -2.06. The number of nitrogens with zero attached hydrogens (tertiary/aromatic N) is 1. The zero-order valence-electron chi connectivity index (χ0n) is 8.75. The van der Waals surface area contributed by atoms with E-state index in [2.05, 4.69) is 4.98 Å². The first-order valence-corrected chi connectivity index (χ1v) is 5.56. The highest BCUT2D eigenvalue weighted by Gasteiger charge is 2.04. The first-order valence-electron chi connectivity index (χ1n) is 4.74. The van der Waals surface area contributed by atoms with Crippen LogP contribution in [-0.2, 0) is 0 Å². The van der Waals surface area contributed by atoms with Gasteiger partial charge in [-0.2, -0.15) is 0 Å². The molecule has 0 fully saturated rings. The van der Waals surface area contributed by atoms with Gasteiger partial charge in [-0.1, -0.05) is 11.8 Å². The van der Waals surface area contributed by atoms with Crippen molar-refractivity contribution in [3.63, 3.8) is 0 Å². The number of phenols is 1. The average Bonchev–Trinajstić information content (AvgIpc) is 2.33. The van der Waals surface area contributed by atoms with Crippen LogP contribution in [0, 0.1) is 0 Å². The first kappa shape index (κ1) is 10.8. The number of hydrogen-bond donors (Lipinski definition) is 1. The maximum atomic E-state index is 9.18. The lowest BCUT2D eigenvalue weighted by Crippen LogP contribution is -1.86. The van der Waals surface area contributed by atoms with E-state index in [4.69, 9.17) is 4.74 Å². The van der Waals surface area contributed by atoms with Crippen molar-refractivity contribution in [2.45, 2.75) is 9.79 Å². The van der Waals surface area contributed by atoms with Gasteiger partial charge < -0.3 is 9.84 Å². The van der Waals surface area contributed by atoms with Crippen molar-refractivity contribution in [3.05, 3.63) is 42.7 Å². The highest BCUT2D eigenvalue weighted by molar-refractivity contribution is 7.99. The molecule has 1 heterocycles. The number of rotatable bonds is 3. The molecule has 0 bridgehead atoms. The summed E-state index contributed by atoms with van der Waals surface area (Å²) in [7, 11) is 1.62. The minimum Gasteiger partial charge on any atom is -0.508 e. The minimum atomic E-state index is 0.269. The normalized spacial score (nSPS) is 10.1. The predicted octanol–water partition coefficient (Wildman–Crippen LogP) is 2.95. The molecule has 0 radical (unpaired) electrons. The molecule has 2 rings (SSSR count). The molecule has 4 heteroatoms. The van der Waals surface area contributed by atoms with Crippen LogP contribution in [0.2, 0.25) is 0 Å². The van der Waals surface area contributed by atoms with E-state index in [9.17, 15) is 5.11 Å². The Morgan fingerprint density at radius 3 is 2.62 bits per heavy atom. The Bertz CT molecular complexity index is 471. The molecule has 1 aromatic carbocycles. The summed E-state index contributed by atoms with van der Waals surface area (Å²) in [6.45, 7) is 0. The van der Waals surface area contributed by atoms with Crippen molar-refractivity contribution in [3.8, 4) is 11.5 Å². The third-order valence-corrected chi connectivity index (χ3v) is 3.10. The predicted molar refractivity (Wildman–Crippen MR) is 63.0 cm³/mol. The summed E-state index contributed by atoms with van der Waals surface area (Å²) in [5.41, 5.74) is 0. The lowest BCUT2D eigenvalue weighted by molar-refractivity contribution is 0.402. The number of benzene rings is 1. The van der Waals surface area contributed by atoms with Gasteiger partial charge in [0, 0.05) is 11.1 Å². The molecule has 3 nitrogen and oxygen atoms in total. The maximum absolute atomic E-state index is 9.18. The van der Waals surface area contributed by atoms with E-state index in [-0.39, 0.29) is 5.75 Å². The molecule has 0 spiro atoms. The van der Waals surface area contributed by atoms with Crippen LogP contribution in [0.3, 0.4) is 0 Å². The monoisotopic (exact) mass is 233 g/mol. The Morgan fingerprint density at radius 1 is 1.19 bits per heavy atom. The summed E-state index contributed by atoms with van der Waals surface area (Å²) >= 11 is 1.57. The van der Waals surface area contributed by atoms with Crippen LogP contribution in [0.1, 0.15) is 0 Å². The number of hydrogen-bond acceptors (Lipinski definition) is 4. The molecular formula is C12H11NO2S. The van der Waals surface area contributed by atoms with Gasteiger partial charge in [0.1, 0.15) is 5.75 Å². The summed E-state index contributed by atoms with van der Waals surface area (Å²) in [4.78, 5) is 6.04. The molecule has 16 heavy (non-hydrogen) atoms. The fourth-order valence-electron chi connectivity index (χ4n) is 1.25. The second-order valence-corrected chi connectivity index (χ2v) is 4.24. The number of pyridine rings is 1. The first-order chi connectivity index (χ1) is 7.79. The number of phenolic OH excluding ortho intramolecular Hbond substituents is 1. The Kier molecular flexibility index (Phi) is 3.31. The van der Waals surface area contributed by atoms with Crippen LogP contribution < -0.4 is 4.74 Å².